The number of aromatic nitrogens is 2. The van der Waals surface area contributed by atoms with Crippen LogP contribution in [0, 0.1) is 5.82 Å². The summed E-state index contributed by atoms with van der Waals surface area (Å²) in [6, 6.07) is 14.3. The second-order valence-corrected chi connectivity index (χ2v) is 7.28. The van der Waals surface area contributed by atoms with Crippen LogP contribution in [0.3, 0.4) is 0 Å². The van der Waals surface area contributed by atoms with Crippen LogP contribution >= 0.6 is 15.9 Å². The molecule has 1 aromatic heterocycles. The van der Waals surface area contributed by atoms with E-state index < -0.39 is 0 Å². The Balaban J connectivity index is 1.65. The van der Waals surface area contributed by atoms with Crippen molar-refractivity contribution in [1.82, 2.24) is 14.5 Å². The monoisotopic (exact) mass is 413 g/mol. The molecule has 6 heteroatoms. The van der Waals surface area contributed by atoms with Crippen LogP contribution in [0.15, 0.2) is 65.5 Å². The number of carbonyl (C=O) groups excluding carboxylic acids is 1. The number of carbonyl (C=O) groups is 1. The van der Waals surface area contributed by atoms with Crippen LogP contribution in [0.25, 0.3) is 0 Å². The number of nitrogens with zero attached hydrogens (tertiary/aromatic N) is 3. The van der Waals surface area contributed by atoms with Crippen molar-refractivity contribution in [2.24, 2.45) is 0 Å². The number of amides is 1. The minimum Gasteiger partial charge on any atom is -0.328 e. The molecular formula is C20H17BrFN3O. The maximum atomic E-state index is 13.1. The molecule has 132 valence electrons. The van der Waals surface area contributed by atoms with Crippen LogP contribution in [-0.2, 0) is 17.8 Å². The Hall–Kier alpha value is -2.47. The molecule has 26 heavy (non-hydrogen) atoms. The summed E-state index contributed by atoms with van der Waals surface area (Å²) in [4.78, 5) is 18.9. The van der Waals surface area contributed by atoms with E-state index in [2.05, 4.69) is 20.9 Å². The van der Waals surface area contributed by atoms with Crippen molar-refractivity contribution in [3.8, 4) is 0 Å². The minimum atomic E-state index is -0.251. The van der Waals surface area contributed by atoms with Gasteiger partial charge in [0.05, 0.1) is 24.3 Å². The predicted molar refractivity (Wildman–Crippen MR) is 100 cm³/mol. The zero-order valence-electron chi connectivity index (χ0n) is 14.0. The van der Waals surface area contributed by atoms with Crippen molar-refractivity contribution in [1.29, 1.82) is 0 Å². The van der Waals surface area contributed by atoms with Gasteiger partial charge in [0.15, 0.2) is 0 Å². The third kappa shape index (κ3) is 3.29. The highest BCUT2D eigenvalue weighted by Gasteiger charge is 2.33. The van der Waals surface area contributed by atoms with E-state index in [4.69, 9.17) is 0 Å². The first-order valence-electron chi connectivity index (χ1n) is 8.41. The van der Waals surface area contributed by atoms with Gasteiger partial charge in [0.2, 0.25) is 5.91 Å². The summed E-state index contributed by atoms with van der Waals surface area (Å²) in [5, 5.41) is 0. The fourth-order valence-electron chi connectivity index (χ4n) is 3.38. The molecule has 1 aliphatic rings. The average Bonchev–Trinajstić information content (AvgIpc) is 3.09. The van der Waals surface area contributed by atoms with Gasteiger partial charge in [-0.25, -0.2) is 9.37 Å². The first-order valence-corrected chi connectivity index (χ1v) is 9.20. The van der Waals surface area contributed by atoms with Gasteiger partial charge in [0.25, 0.3) is 0 Å². The largest absolute Gasteiger partial charge is 0.328 e. The Kier molecular flexibility index (Phi) is 4.59. The summed E-state index contributed by atoms with van der Waals surface area (Å²) < 4.78 is 16.0. The molecule has 0 spiro atoms. The van der Waals surface area contributed by atoms with Crippen LogP contribution in [0.4, 0.5) is 4.39 Å². The maximum absolute atomic E-state index is 13.1. The minimum absolute atomic E-state index is 0.0607. The Labute approximate surface area is 159 Å². The van der Waals surface area contributed by atoms with Gasteiger partial charge in [0, 0.05) is 11.0 Å². The number of imidazole rings is 1. The fourth-order valence-corrected chi connectivity index (χ4v) is 3.65. The summed E-state index contributed by atoms with van der Waals surface area (Å²) in [5.74, 6) is -0.190. The highest BCUT2D eigenvalue weighted by atomic mass is 79.9. The molecule has 0 N–H and O–H groups in total. The lowest BCUT2D eigenvalue weighted by molar-refractivity contribution is -0.135. The van der Waals surface area contributed by atoms with Crippen molar-refractivity contribution in [3.05, 3.63) is 88.2 Å². The Morgan fingerprint density at radius 3 is 2.58 bits per heavy atom. The summed E-state index contributed by atoms with van der Waals surface area (Å²) in [7, 11) is 0. The summed E-state index contributed by atoms with van der Waals surface area (Å²) in [6.45, 7) is 0.863. The smallest absolute Gasteiger partial charge is 0.243 e. The van der Waals surface area contributed by atoms with Gasteiger partial charge in [-0.2, -0.15) is 0 Å². The molecule has 0 saturated heterocycles. The molecule has 1 aliphatic heterocycles. The maximum Gasteiger partial charge on any atom is 0.243 e. The fraction of sp³-hybridized carbons (Fsp3) is 0.200. The molecular weight excluding hydrogens is 397 g/mol. The molecule has 0 saturated carbocycles. The number of rotatable bonds is 4. The van der Waals surface area contributed by atoms with Crippen LogP contribution in [0.2, 0.25) is 0 Å². The molecule has 0 radical (unpaired) electrons. The van der Waals surface area contributed by atoms with E-state index in [0.717, 1.165) is 21.3 Å². The molecule has 4 nitrogen and oxygen atoms in total. The summed E-state index contributed by atoms with van der Waals surface area (Å²) in [6.07, 6.45) is 4.20. The quantitative estimate of drug-likeness (QED) is 0.649. The van der Waals surface area contributed by atoms with Crippen molar-refractivity contribution < 1.29 is 9.18 Å². The van der Waals surface area contributed by atoms with Crippen LogP contribution in [0.1, 0.15) is 22.9 Å². The first kappa shape index (κ1) is 17.0. The predicted octanol–water partition coefficient (Wildman–Crippen LogP) is 3.96. The molecule has 0 fully saturated rings. The highest BCUT2D eigenvalue weighted by Crippen LogP contribution is 2.33. The second-order valence-electron chi connectivity index (χ2n) is 6.36. The van der Waals surface area contributed by atoms with Gasteiger partial charge >= 0.3 is 0 Å². The molecule has 1 atom stereocenters. The topological polar surface area (TPSA) is 38.1 Å². The molecule has 2 aromatic carbocycles. The van der Waals surface area contributed by atoms with Gasteiger partial charge in [0.1, 0.15) is 12.4 Å². The van der Waals surface area contributed by atoms with Gasteiger partial charge < -0.3 is 9.47 Å². The second kappa shape index (κ2) is 7.03. The van der Waals surface area contributed by atoms with Crippen LogP contribution in [-0.4, -0.2) is 26.9 Å². The van der Waals surface area contributed by atoms with E-state index in [1.165, 1.54) is 12.1 Å². The zero-order valence-corrected chi connectivity index (χ0v) is 15.6. The third-order valence-corrected chi connectivity index (χ3v) is 5.23. The van der Waals surface area contributed by atoms with Crippen molar-refractivity contribution >= 4 is 21.8 Å². The lowest BCUT2D eigenvalue weighted by Crippen LogP contribution is -2.44. The van der Waals surface area contributed by atoms with Crippen molar-refractivity contribution in [2.45, 2.75) is 19.0 Å². The number of fused-ring (bicyclic) bond motifs is 1. The molecule has 0 bridgehead atoms. The average molecular weight is 414 g/mol. The van der Waals surface area contributed by atoms with Crippen molar-refractivity contribution in [3.63, 3.8) is 0 Å². The lowest BCUT2D eigenvalue weighted by atomic mass is 9.99. The number of hydrogen-bond donors (Lipinski definition) is 0. The number of halogens is 2. The van der Waals surface area contributed by atoms with E-state index >= 15 is 0 Å². The Morgan fingerprint density at radius 1 is 1.12 bits per heavy atom. The highest BCUT2D eigenvalue weighted by molar-refractivity contribution is 9.10. The van der Waals surface area contributed by atoms with Gasteiger partial charge in [-0.15, -0.1) is 0 Å². The molecule has 1 unspecified atom stereocenters. The summed E-state index contributed by atoms with van der Waals surface area (Å²) >= 11 is 3.46. The van der Waals surface area contributed by atoms with Gasteiger partial charge in [-0.05, 0) is 41.8 Å². The van der Waals surface area contributed by atoms with Crippen LogP contribution < -0.4 is 0 Å². The zero-order chi connectivity index (χ0) is 18.1. The Morgan fingerprint density at radius 2 is 1.85 bits per heavy atom. The summed E-state index contributed by atoms with van der Waals surface area (Å²) in [5.41, 5.74) is 3.06. The lowest BCUT2D eigenvalue weighted by Gasteiger charge is -2.36. The van der Waals surface area contributed by atoms with E-state index in [-0.39, 0.29) is 17.8 Å². The van der Waals surface area contributed by atoms with Crippen molar-refractivity contribution in [2.75, 3.05) is 6.54 Å². The normalized spacial score (nSPS) is 16.6. The molecule has 1 amide bonds. The van der Waals surface area contributed by atoms with E-state index in [9.17, 15) is 9.18 Å². The molecule has 4 rings (SSSR count). The third-order valence-electron chi connectivity index (χ3n) is 4.70. The SMILES string of the molecule is O=C1Cn2cncc2C(c2ccc(Br)cc2)N1CCc1ccc(F)cc1. The standard InChI is InChI=1S/C20H17BrFN3O/c21-16-5-3-15(4-6-16)20-18-11-23-13-24(18)12-19(26)25(20)10-9-14-1-7-17(22)8-2-14/h1-8,11,13,20H,9-10,12H2. The molecule has 2 heterocycles. The Bertz CT molecular complexity index is 921. The number of hydrogen-bond acceptors (Lipinski definition) is 2. The van der Waals surface area contributed by atoms with E-state index in [1.54, 1.807) is 18.5 Å². The first-order chi connectivity index (χ1) is 12.6. The molecule has 0 aliphatic carbocycles. The number of benzene rings is 2. The van der Waals surface area contributed by atoms with E-state index in [1.807, 2.05) is 39.9 Å². The van der Waals surface area contributed by atoms with Crippen LogP contribution in [0.5, 0.6) is 0 Å². The van der Waals surface area contributed by atoms with Gasteiger partial charge in [-0.1, -0.05) is 40.2 Å². The molecule has 3 aromatic rings. The van der Waals surface area contributed by atoms with E-state index in [0.29, 0.717) is 19.5 Å². The van der Waals surface area contributed by atoms with Gasteiger partial charge in [-0.3, -0.25) is 4.79 Å².